The highest BCUT2D eigenvalue weighted by atomic mass is 35.5. The Labute approximate surface area is 178 Å². The molecule has 0 amide bonds. The molecule has 1 N–H and O–H groups in total. The number of nitrogens with one attached hydrogen (secondary N) is 1. The fraction of sp³-hybridized carbons (Fsp3) is 0.0952. The van der Waals surface area contributed by atoms with Crippen LogP contribution in [0.25, 0.3) is 0 Å². The molecule has 0 atom stereocenters. The second kappa shape index (κ2) is 8.25. The molecule has 3 aromatic rings. The molecule has 0 saturated carbocycles. The van der Waals surface area contributed by atoms with Gasteiger partial charge in [0.15, 0.2) is 17.7 Å². The lowest BCUT2D eigenvalue weighted by atomic mass is 10.0. The summed E-state index contributed by atoms with van der Waals surface area (Å²) in [5.41, 5.74) is 0.881. The van der Waals surface area contributed by atoms with Gasteiger partial charge in [-0.05, 0) is 43.3 Å². The van der Waals surface area contributed by atoms with E-state index in [0.29, 0.717) is 16.0 Å². The number of anilines is 1. The second-order valence-corrected chi connectivity index (χ2v) is 8.71. The minimum Gasteiger partial charge on any atom is -0.618 e. The number of hydrogen-bond donors (Lipinski definition) is 1. The molecule has 1 heterocycles. The van der Waals surface area contributed by atoms with E-state index < -0.39 is 15.8 Å². The van der Waals surface area contributed by atoms with Crippen molar-refractivity contribution in [1.29, 1.82) is 0 Å². The standard InChI is InChI=1S/C21H17ClN2O5S/c1-13-3-4-16(12-24(13)27)21(26)19-11-17(22)7-10-20(19)23-30(28,29)18-8-5-15(6-9-18)14(2)25/h3-12,23H,1-2H3. The van der Waals surface area contributed by atoms with Gasteiger partial charge >= 0.3 is 0 Å². The number of pyridine rings is 1. The molecule has 0 spiro atoms. The van der Waals surface area contributed by atoms with Gasteiger partial charge in [0, 0.05) is 29.1 Å². The van der Waals surface area contributed by atoms with Crippen LogP contribution in [0.15, 0.2) is 65.7 Å². The summed E-state index contributed by atoms with van der Waals surface area (Å²) in [7, 11) is -4.05. The van der Waals surface area contributed by atoms with Gasteiger partial charge in [-0.3, -0.25) is 14.3 Å². The van der Waals surface area contributed by atoms with E-state index in [-0.39, 0.29) is 32.5 Å². The van der Waals surface area contributed by atoms with Crippen LogP contribution >= 0.6 is 11.6 Å². The summed E-state index contributed by atoms with van der Waals surface area (Å²) in [6, 6.07) is 12.5. The number of Topliss-reactive ketones (excluding diaryl/α,β-unsaturated/α-hetero) is 1. The van der Waals surface area contributed by atoms with Gasteiger partial charge in [0.1, 0.15) is 0 Å². The summed E-state index contributed by atoms with van der Waals surface area (Å²) in [4.78, 5) is 24.3. The van der Waals surface area contributed by atoms with Gasteiger partial charge in [0.2, 0.25) is 5.78 Å². The van der Waals surface area contributed by atoms with Gasteiger partial charge in [0.05, 0.1) is 16.1 Å². The van der Waals surface area contributed by atoms with E-state index in [2.05, 4.69) is 4.72 Å². The van der Waals surface area contributed by atoms with Crippen molar-refractivity contribution in [1.82, 2.24) is 0 Å². The van der Waals surface area contributed by atoms with Gasteiger partial charge in [-0.2, -0.15) is 4.73 Å². The normalized spacial score (nSPS) is 11.2. The lowest BCUT2D eigenvalue weighted by molar-refractivity contribution is -0.612. The van der Waals surface area contributed by atoms with Crippen LogP contribution in [-0.2, 0) is 10.0 Å². The molecule has 0 saturated heterocycles. The molecule has 0 aliphatic heterocycles. The van der Waals surface area contributed by atoms with E-state index in [0.717, 1.165) is 6.20 Å². The van der Waals surface area contributed by atoms with Crippen molar-refractivity contribution in [2.45, 2.75) is 18.7 Å². The number of carbonyl (C=O) groups excluding carboxylic acids is 2. The van der Waals surface area contributed by atoms with E-state index in [1.54, 1.807) is 6.92 Å². The number of halogens is 1. The Morgan fingerprint density at radius 1 is 1.00 bits per heavy atom. The van der Waals surface area contributed by atoms with Crippen molar-refractivity contribution >= 4 is 38.9 Å². The summed E-state index contributed by atoms with van der Waals surface area (Å²) >= 11 is 6.01. The van der Waals surface area contributed by atoms with Crippen LogP contribution < -0.4 is 9.45 Å². The molecular weight excluding hydrogens is 428 g/mol. The molecule has 154 valence electrons. The monoisotopic (exact) mass is 444 g/mol. The van der Waals surface area contributed by atoms with Crippen molar-refractivity contribution in [3.8, 4) is 0 Å². The van der Waals surface area contributed by atoms with Crippen LogP contribution in [0.3, 0.4) is 0 Å². The molecule has 9 heteroatoms. The SMILES string of the molecule is CC(=O)c1ccc(S(=O)(=O)Nc2ccc(Cl)cc2C(=O)c2ccc(C)[n+]([O-])c2)cc1. The maximum Gasteiger partial charge on any atom is 0.261 e. The maximum absolute atomic E-state index is 12.9. The van der Waals surface area contributed by atoms with E-state index in [4.69, 9.17) is 11.6 Å². The van der Waals surface area contributed by atoms with Crippen LogP contribution in [0.1, 0.15) is 38.9 Å². The second-order valence-electron chi connectivity index (χ2n) is 6.59. The van der Waals surface area contributed by atoms with Crippen molar-refractivity contribution in [2.75, 3.05) is 4.72 Å². The molecular formula is C21H17ClN2O5S. The Bertz CT molecular complexity index is 1250. The minimum atomic E-state index is -4.05. The average Bonchev–Trinajstić information content (AvgIpc) is 2.70. The zero-order valence-corrected chi connectivity index (χ0v) is 17.6. The highest BCUT2D eigenvalue weighted by Gasteiger charge is 2.22. The number of rotatable bonds is 6. The predicted molar refractivity (Wildman–Crippen MR) is 112 cm³/mol. The third kappa shape index (κ3) is 4.50. The molecule has 0 bridgehead atoms. The van der Waals surface area contributed by atoms with E-state index in [9.17, 15) is 23.2 Å². The molecule has 0 aliphatic rings. The number of carbonyl (C=O) groups is 2. The zero-order valence-electron chi connectivity index (χ0n) is 16.0. The summed E-state index contributed by atoms with van der Waals surface area (Å²) in [6.07, 6.45) is 1.12. The Balaban J connectivity index is 1.99. The number of ketones is 2. The van der Waals surface area contributed by atoms with Crippen LogP contribution in [0.2, 0.25) is 5.02 Å². The molecule has 0 fully saturated rings. The first-order valence-corrected chi connectivity index (χ1v) is 10.6. The Hall–Kier alpha value is -3.23. The van der Waals surface area contributed by atoms with Crippen molar-refractivity contribution in [3.63, 3.8) is 0 Å². The Morgan fingerprint density at radius 2 is 1.63 bits per heavy atom. The fourth-order valence-electron chi connectivity index (χ4n) is 2.71. The van der Waals surface area contributed by atoms with E-state index in [1.807, 2.05) is 0 Å². The van der Waals surface area contributed by atoms with Crippen LogP contribution in [0.5, 0.6) is 0 Å². The topological polar surface area (TPSA) is 107 Å². The van der Waals surface area contributed by atoms with Crippen LogP contribution in [-0.4, -0.2) is 20.0 Å². The lowest BCUT2D eigenvalue weighted by Crippen LogP contribution is -2.30. The highest BCUT2D eigenvalue weighted by molar-refractivity contribution is 7.92. The van der Waals surface area contributed by atoms with E-state index >= 15 is 0 Å². The zero-order chi connectivity index (χ0) is 22.1. The lowest BCUT2D eigenvalue weighted by Gasteiger charge is -2.13. The summed E-state index contributed by atoms with van der Waals surface area (Å²) in [5, 5.41) is 12.1. The number of sulfonamides is 1. The third-order valence-electron chi connectivity index (χ3n) is 4.41. The number of nitrogens with zero attached hydrogens (tertiary/aromatic N) is 1. The van der Waals surface area contributed by atoms with Crippen molar-refractivity contribution in [3.05, 3.63) is 93.4 Å². The number of aromatic nitrogens is 1. The van der Waals surface area contributed by atoms with E-state index in [1.165, 1.54) is 61.5 Å². The molecule has 0 unspecified atom stereocenters. The van der Waals surface area contributed by atoms with Crippen LogP contribution in [0.4, 0.5) is 5.69 Å². The summed E-state index contributed by atoms with van der Waals surface area (Å²) < 4.78 is 28.5. The third-order valence-corrected chi connectivity index (χ3v) is 6.03. The first-order valence-electron chi connectivity index (χ1n) is 8.76. The quantitative estimate of drug-likeness (QED) is 0.355. The molecule has 0 radical (unpaired) electrons. The molecule has 7 nitrogen and oxygen atoms in total. The number of hydrogen-bond acceptors (Lipinski definition) is 5. The Kier molecular flexibility index (Phi) is 5.91. The first kappa shape index (κ1) is 21.5. The molecule has 3 rings (SSSR count). The smallest absolute Gasteiger partial charge is 0.261 e. The minimum absolute atomic E-state index is 0.00437. The summed E-state index contributed by atoms with van der Waals surface area (Å²) in [6.45, 7) is 2.97. The molecule has 1 aromatic heterocycles. The average molecular weight is 445 g/mol. The molecule has 30 heavy (non-hydrogen) atoms. The van der Waals surface area contributed by atoms with Gasteiger partial charge in [0.25, 0.3) is 10.0 Å². The number of benzene rings is 2. The van der Waals surface area contributed by atoms with Gasteiger partial charge in [-0.15, -0.1) is 0 Å². The summed E-state index contributed by atoms with van der Waals surface area (Å²) in [5.74, 6) is -0.752. The fourth-order valence-corrected chi connectivity index (χ4v) is 3.96. The maximum atomic E-state index is 12.9. The highest BCUT2D eigenvalue weighted by Crippen LogP contribution is 2.26. The van der Waals surface area contributed by atoms with Crippen LogP contribution in [0, 0.1) is 12.1 Å². The van der Waals surface area contributed by atoms with Gasteiger partial charge < -0.3 is 5.21 Å². The van der Waals surface area contributed by atoms with Crippen molar-refractivity contribution < 1.29 is 22.7 Å². The predicted octanol–water partition coefficient (Wildman–Crippen LogP) is 3.52. The van der Waals surface area contributed by atoms with Gasteiger partial charge in [-0.1, -0.05) is 23.7 Å². The number of aryl methyl sites for hydroxylation is 1. The Morgan fingerprint density at radius 3 is 2.23 bits per heavy atom. The molecule has 2 aromatic carbocycles. The largest absolute Gasteiger partial charge is 0.618 e. The molecule has 0 aliphatic carbocycles. The van der Waals surface area contributed by atoms with Gasteiger partial charge in [-0.25, -0.2) is 8.42 Å². The van der Waals surface area contributed by atoms with Crippen molar-refractivity contribution in [2.24, 2.45) is 0 Å². The first-order chi connectivity index (χ1) is 14.1.